The molecule has 1 aliphatic heterocycles. The maximum absolute atomic E-state index is 12.5. The van der Waals surface area contributed by atoms with Gasteiger partial charge < -0.3 is 15.4 Å². The Bertz CT molecular complexity index is 573. The van der Waals surface area contributed by atoms with Crippen molar-refractivity contribution in [1.29, 1.82) is 0 Å². The molecular formula is C16H22ClN3O3. The predicted molar refractivity (Wildman–Crippen MR) is 88.4 cm³/mol. The maximum atomic E-state index is 12.5. The molecule has 1 aromatic rings. The van der Waals surface area contributed by atoms with Gasteiger partial charge in [0, 0.05) is 26.2 Å². The molecule has 2 N–H and O–H groups in total. The van der Waals surface area contributed by atoms with Crippen LogP contribution in [0.3, 0.4) is 0 Å². The van der Waals surface area contributed by atoms with Crippen molar-refractivity contribution in [3.63, 3.8) is 0 Å². The molecule has 1 heterocycles. The van der Waals surface area contributed by atoms with E-state index in [1.165, 1.54) is 0 Å². The van der Waals surface area contributed by atoms with Crippen LogP contribution in [0.1, 0.15) is 13.8 Å². The molecule has 1 fully saturated rings. The van der Waals surface area contributed by atoms with E-state index in [0.29, 0.717) is 37.0 Å². The van der Waals surface area contributed by atoms with Gasteiger partial charge in [0.2, 0.25) is 5.91 Å². The van der Waals surface area contributed by atoms with Crippen LogP contribution in [0.4, 0.5) is 0 Å². The molecule has 0 saturated carbocycles. The van der Waals surface area contributed by atoms with Crippen molar-refractivity contribution in [2.24, 2.45) is 5.73 Å². The molecule has 0 bridgehead atoms. The molecule has 0 spiro atoms. The largest absolute Gasteiger partial charge is 0.479 e. The molecule has 6 nitrogen and oxygen atoms in total. The van der Waals surface area contributed by atoms with E-state index in [4.69, 9.17) is 22.1 Å². The fourth-order valence-corrected chi connectivity index (χ4v) is 2.73. The Balaban J connectivity index is 1.89. The molecule has 1 saturated heterocycles. The number of primary amides is 1. The summed E-state index contributed by atoms with van der Waals surface area (Å²) in [7, 11) is 0. The summed E-state index contributed by atoms with van der Waals surface area (Å²) >= 11 is 6.04. The van der Waals surface area contributed by atoms with Crippen LogP contribution in [0.15, 0.2) is 24.3 Å². The summed E-state index contributed by atoms with van der Waals surface area (Å²) in [6.45, 7) is 5.83. The van der Waals surface area contributed by atoms with Crippen LogP contribution in [0, 0.1) is 0 Å². The molecule has 1 aromatic carbocycles. The van der Waals surface area contributed by atoms with Crippen molar-refractivity contribution in [2.75, 3.05) is 26.2 Å². The van der Waals surface area contributed by atoms with Crippen LogP contribution >= 0.6 is 11.6 Å². The Labute approximate surface area is 141 Å². The third-order valence-corrected chi connectivity index (χ3v) is 4.39. The molecule has 2 rings (SSSR count). The van der Waals surface area contributed by atoms with Crippen molar-refractivity contribution in [1.82, 2.24) is 9.80 Å². The summed E-state index contributed by atoms with van der Waals surface area (Å²) in [4.78, 5) is 27.4. The Morgan fingerprint density at radius 3 is 2.35 bits per heavy atom. The number of rotatable bonds is 5. The van der Waals surface area contributed by atoms with Crippen LogP contribution < -0.4 is 10.5 Å². The van der Waals surface area contributed by atoms with Gasteiger partial charge in [0.25, 0.3) is 5.91 Å². The van der Waals surface area contributed by atoms with E-state index in [1.807, 2.05) is 11.0 Å². The minimum atomic E-state index is -0.616. The lowest BCUT2D eigenvalue weighted by atomic mass is 10.2. The number of piperazine rings is 1. The van der Waals surface area contributed by atoms with E-state index in [0.717, 1.165) is 0 Å². The van der Waals surface area contributed by atoms with Gasteiger partial charge in [0.1, 0.15) is 5.75 Å². The standard InChI is InChI=1S/C16H22ClN3O3/c1-11(15(18)21)19-7-9-20(10-8-19)16(22)12(2)23-14-6-4-3-5-13(14)17/h3-6,11-12H,7-10H2,1-2H3,(H2,18,21)/t11-,12+/m0/s1. The highest BCUT2D eigenvalue weighted by molar-refractivity contribution is 6.32. The minimum absolute atomic E-state index is 0.0868. The normalized spacial score (nSPS) is 18.3. The fraction of sp³-hybridized carbons (Fsp3) is 0.500. The Hall–Kier alpha value is -1.79. The first-order chi connectivity index (χ1) is 10.9. The molecule has 2 amide bonds. The van der Waals surface area contributed by atoms with Crippen molar-refractivity contribution >= 4 is 23.4 Å². The van der Waals surface area contributed by atoms with Crippen molar-refractivity contribution in [2.45, 2.75) is 26.0 Å². The van der Waals surface area contributed by atoms with Gasteiger partial charge in [-0.1, -0.05) is 23.7 Å². The minimum Gasteiger partial charge on any atom is -0.479 e. The number of nitrogens with two attached hydrogens (primary N) is 1. The second-order valence-corrected chi connectivity index (χ2v) is 6.04. The fourth-order valence-electron chi connectivity index (χ4n) is 2.55. The SMILES string of the molecule is C[C@@H](Oc1ccccc1Cl)C(=O)N1CCN([C@@H](C)C(N)=O)CC1. The molecule has 2 atom stereocenters. The van der Waals surface area contributed by atoms with Crippen LogP contribution in [-0.4, -0.2) is 59.9 Å². The first kappa shape index (κ1) is 17.6. The lowest BCUT2D eigenvalue weighted by Crippen LogP contribution is -2.56. The molecule has 0 unspecified atom stereocenters. The number of ether oxygens (including phenoxy) is 1. The summed E-state index contributed by atoms with van der Waals surface area (Å²) < 4.78 is 5.66. The van der Waals surface area contributed by atoms with Gasteiger partial charge in [0.15, 0.2) is 6.10 Å². The van der Waals surface area contributed by atoms with E-state index in [-0.39, 0.29) is 17.9 Å². The van der Waals surface area contributed by atoms with Gasteiger partial charge in [-0.05, 0) is 26.0 Å². The van der Waals surface area contributed by atoms with E-state index < -0.39 is 6.10 Å². The predicted octanol–water partition coefficient (Wildman–Crippen LogP) is 1.13. The Morgan fingerprint density at radius 2 is 1.78 bits per heavy atom. The lowest BCUT2D eigenvalue weighted by molar-refractivity contribution is -0.140. The zero-order chi connectivity index (χ0) is 17.0. The van der Waals surface area contributed by atoms with Crippen LogP contribution in [0.2, 0.25) is 5.02 Å². The van der Waals surface area contributed by atoms with E-state index in [2.05, 4.69) is 0 Å². The monoisotopic (exact) mass is 339 g/mol. The van der Waals surface area contributed by atoms with Crippen molar-refractivity contribution in [3.8, 4) is 5.75 Å². The van der Waals surface area contributed by atoms with Gasteiger partial charge in [-0.2, -0.15) is 0 Å². The first-order valence-electron chi connectivity index (χ1n) is 7.63. The van der Waals surface area contributed by atoms with E-state index in [1.54, 1.807) is 36.9 Å². The maximum Gasteiger partial charge on any atom is 0.263 e. The highest BCUT2D eigenvalue weighted by atomic mass is 35.5. The molecule has 23 heavy (non-hydrogen) atoms. The summed E-state index contributed by atoms with van der Waals surface area (Å²) in [5, 5.41) is 0.479. The number of nitrogens with zero attached hydrogens (tertiary/aromatic N) is 2. The second kappa shape index (κ2) is 7.66. The summed E-state index contributed by atoms with van der Waals surface area (Å²) in [6, 6.07) is 6.75. The average Bonchev–Trinajstić information content (AvgIpc) is 2.55. The summed E-state index contributed by atoms with van der Waals surface area (Å²) in [6.07, 6.45) is -0.616. The number of halogens is 1. The summed E-state index contributed by atoms with van der Waals surface area (Å²) in [5.41, 5.74) is 5.32. The van der Waals surface area contributed by atoms with Gasteiger partial charge in [0.05, 0.1) is 11.1 Å². The molecule has 0 aliphatic carbocycles. The number of para-hydroxylation sites is 1. The van der Waals surface area contributed by atoms with Crippen LogP contribution in [-0.2, 0) is 9.59 Å². The highest BCUT2D eigenvalue weighted by Gasteiger charge is 2.29. The second-order valence-electron chi connectivity index (χ2n) is 5.63. The van der Waals surface area contributed by atoms with Gasteiger partial charge >= 0.3 is 0 Å². The zero-order valence-electron chi connectivity index (χ0n) is 13.4. The third kappa shape index (κ3) is 4.36. The summed E-state index contributed by atoms with van der Waals surface area (Å²) in [5.74, 6) is 0.0625. The number of hydrogen-bond donors (Lipinski definition) is 1. The molecular weight excluding hydrogens is 318 g/mol. The number of carbonyl (C=O) groups excluding carboxylic acids is 2. The number of benzene rings is 1. The van der Waals surface area contributed by atoms with Crippen molar-refractivity contribution < 1.29 is 14.3 Å². The van der Waals surface area contributed by atoms with Crippen molar-refractivity contribution in [3.05, 3.63) is 29.3 Å². The molecule has 0 aromatic heterocycles. The average molecular weight is 340 g/mol. The number of amides is 2. The molecule has 0 radical (unpaired) electrons. The zero-order valence-corrected chi connectivity index (χ0v) is 14.1. The Kier molecular flexibility index (Phi) is 5.85. The smallest absolute Gasteiger partial charge is 0.263 e. The van der Waals surface area contributed by atoms with Gasteiger partial charge in [-0.25, -0.2) is 0 Å². The molecule has 7 heteroatoms. The van der Waals surface area contributed by atoms with Gasteiger partial charge in [-0.3, -0.25) is 14.5 Å². The van der Waals surface area contributed by atoms with E-state index in [9.17, 15) is 9.59 Å². The highest BCUT2D eigenvalue weighted by Crippen LogP contribution is 2.24. The molecule has 1 aliphatic rings. The quantitative estimate of drug-likeness (QED) is 0.872. The van der Waals surface area contributed by atoms with Gasteiger partial charge in [-0.15, -0.1) is 0 Å². The third-order valence-electron chi connectivity index (χ3n) is 4.07. The number of hydrogen-bond acceptors (Lipinski definition) is 4. The topological polar surface area (TPSA) is 75.9 Å². The van der Waals surface area contributed by atoms with Crippen LogP contribution in [0.25, 0.3) is 0 Å². The first-order valence-corrected chi connectivity index (χ1v) is 8.01. The number of carbonyl (C=O) groups is 2. The molecule has 126 valence electrons. The Morgan fingerprint density at radius 1 is 1.17 bits per heavy atom. The lowest BCUT2D eigenvalue weighted by Gasteiger charge is -2.37. The van der Waals surface area contributed by atoms with E-state index >= 15 is 0 Å². The van der Waals surface area contributed by atoms with Crippen LogP contribution in [0.5, 0.6) is 5.75 Å².